The molecule has 1 aromatic carbocycles. The number of aryl methyl sites for hydroxylation is 1. The molecular formula is C19H22ClN5O2. The van der Waals surface area contributed by atoms with Crippen LogP contribution < -0.4 is 5.32 Å². The fraction of sp³-hybridized carbons (Fsp3) is 0.421. The minimum Gasteiger partial charge on any atom is -0.376 e. The van der Waals surface area contributed by atoms with Crippen LogP contribution in [0.3, 0.4) is 0 Å². The first-order chi connectivity index (χ1) is 13.1. The zero-order valence-electron chi connectivity index (χ0n) is 15.2. The van der Waals surface area contributed by atoms with E-state index in [1.165, 1.54) is 0 Å². The van der Waals surface area contributed by atoms with Crippen LogP contribution in [-0.4, -0.2) is 45.1 Å². The van der Waals surface area contributed by atoms with Crippen LogP contribution in [0, 0.1) is 6.92 Å². The molecule has 0 spiro atoms. The minimum absolute atomic E-state index is 0.166. The van der Waals surface area contributed by atoms with Gasteiger partial charge in [-0.2, -0.15) is 0 Å². The Balaban J connectivity index is 1.35. The average Bonchev–Trinajstić information content (AvgIpc) is 3.37. The lowest BCUT2D eigenvalue weighted by atomic mass is 10.1. The molecular weight excluding hydrogens is 366 g/mol. The van der Waals surface area contributed by atoms with Crippen molar-refractivity contribution in [1.82, 2.24) is 25.3 Å². The maximum atomic E-state index is 12.3. The largest absolute Gasteiger partial charge is 0.376 e. The van der Waals surface area contributed by atoms with Gasteiger partial charge < -0.3 is 15.0 Å². The predicted molar refractivity (Wildman–Crippen MR) is 103 cm³/mol. The van der Waals surface area contributed by atoms with Crippen molar-refractivity contribution in [3.05, 3.63) is 46.4 Å². The summed E-state index contributed by atoms with van der Waals surface area (Å²) in [6, 6.07) is 5.79. The van der Waals surface area contributed by atoms with Crippen LogP contribution in [0.5, 0.6) is 0 Å². The molecule has 27 heavy (non-hydrogen) atoms. The van der Waals surface area contributed by atoms with Gasteiger partial charge in [-0.3, -0.25) is 4.79 Å². The number of nitrogens with zero attached hydrogens (tertiary/aromatic N) is 3. The number of halogens is 1. The summed E-state index contributed by atoms with van der Waals surface area (Å²) >= 11 is 6.12. The van der Waals surface area contributed by atoms with Crippen molar-refractivity contribution < 1.29 is 9.53 Å². The number of hydrogen-bond donors (Lipinski definition) is 2. The van der Waals surface area contributed by atoms with E-state index >= 15 is 0 Å². The van der Waals surface area contributed by atoms with E-state index < -0.39 is 0 Å². The summed E-state index contributed by atoms with van der Waals surface area (Å²) < 4.78 is 7.26. The molecule has 3 aromatic rings. The van der Waals surface area contributed by atoms with E-state index in [0.29, 0.717) is 30.2 Å². The Hall–Kier alpha value is -2.38. The van der Waals surface area contributed by atoms with Crippen molar-refractivity contribution in [2.24, 2.45) is 0 Å². The first-order valence-electron chi connectivity index (χ1n) is 9.17. The van der Waals surface area contributed by atoms with Crippen LogP contribution in [0.25, 0.3) is 10.9 Å². The number of amides is 1. The molecule has 1 aliphatic rings. The third-order valence-electron chi connectivity index (χ3n) is 4.93. The average molecular weight is 388 g/mol. The smallest absolute Gasteiger partial charge is 0.273 e. The number of carbonyl (C=O) groups is 1. The summed E-state index contributed by atoms with van der Waals surface area (Å²) in [6.45, 7) is 3.97. The van der Waals surface area contributed by atoms with Crippen LogP contribution in [0.15, 0.2) is 24.4 Å². The monoisotopic (exact) mass is 387 g/mol. The standard InChI is InChI=1S/C19H22ClN5O2/c1-12-15(16-9-13(20)4-5-17(16)22-12)6-7-21-19(26)18-11-25(24-23-18)10-14-3-2-8-27-14/h4-5,9,11,14,22H,2-3,6-8,10H2,1H3,(H,21,26). The molecule has 1 unspecified atom stereocenters. The van der Waals surface area contributed by atoms with Gasteiger partial charge in [-0.15, -0.1) is 5.10 Å². The molecule has 142 valence electrons. The van der Waals surface area contributed by atoms with Gasteiger partial charge in [0.15, 0.2) is 5.69 Å². The van der Waals surface area contributed by atoms with E-state index in [0.717, 1.165) is 41.6 Å². The summed E-state index contributed by atoms with van der Waals surface area (Å²) in [6.07, 6.45) is 4.65. The molecule has 2 N–H and O–H groups in total. The molecule has 0 radical (unpaired) electrons. The van der Waals surface area contributed by atoms with Crippen molar-refractivity contribution >= 4 is 28.4 Å². The van der Waals surface area contributed by atoms with Crippen molar-refractivity contribution in [3.8, 4) is 0 Å². The number of carbonyl (C=O) groups excluding carboxylic acids is 1. The summed E-state index contributed by atoms with van der Waals surface area (Å²) in [5.74, 6) is -0.218. The molecule has 2 aromatic heterocycles. The number of rotatable bonds is 6. The molecule has 8 heteroatoms. The second-order valence-electron chi connectivity index (χ2n) is 6.89. The molecule has 0 saturated carbocycles. The fourth-order valence-corrected chi connectivity index (χ4v) is 3.73. The molecule has 0 aliphatic carbocycles. The molecule has 1 fully saturated rings. The van der Waals surface area contributed by atoms with Gasteiger partial charge in [-0.05, 0) is 49.9 Å². The third kappa shape index (κ3) is 3.99. The van der Waals surface area contributed by atoms with Crippen molar-refractivity contribution in [3.63, 3.8) is 0 Å². The molecule has 7 nitrogen and oxygen atoms in total. The van der Waals surface area contributed by atoms with Crippen LogP contribution in [0.4, 0.5) is 0 Å². The first-order valence-corrected chi connectivity index (χ1v) is 9.54. The third-order valence-corrected chi connectivity index (χ3v) is 5.16. The second kappa shape index (κ2) is 7.70. The number of fused-ring (bicyclic) bond motifs is 1. The molecule has 4 rings (SSSR count). The molecule has 0 bridgehead atoms. The van der Waals surface area contributed by atoms with E-state index in [1.807, 2.05) is 25.1 Å². The minimum atomic E-state index is -0.218. The van der Waals surface area contributed by atoms with Gasteiger partial charge >= 0.3 is 0 Å². The molecule has 1 amide bonds. The molecule has 3 heterocycles. The van der Waals surface area contributed by atoms with Gasteiger partial charge in [0.05, 0.1) is 18.8 Å². The molecule has 1 aliphatic heterocycles. The zero-order valence-corrected chi connectivity index (χ0v) is 15.9. The number of aromatic nitrogens is 4. The predicted octanol–water partition coefficient (Wildman–Crippen LogP) is 2.87. The van der Waals surface area contributed by atoms with E-state index in [2.05, 4.69) is 20.6 Å². The van der Waals surface area contributed by atoms with E-state index in [4.69, 9.17) is 16.3 Å². The quantitative estimate of drug-likeness (QED) is 0.681. The summed E-state index contributed by atoms with van der Waals surface area (Å²) in [4.78, 5) is 15.7. The molecule has 1 saturated heterocycles. The van der Waals surface area contributed by atoms with Crippen molar-refractivity contribution in [1.29, 1.82) is 0 Å². The van der Waals surface area contributed by atoms with Crippen LogP contribution >= 0.6 is 11.6 Å². The lowest BCUT2D eigenvalue weighted by molar-refractivity contribution is 0.0930. The Labute approximate surface area is 162 Å². The number of hydrogen-bond acceptors (Lipinski definition) is 4. The number of H-pyrrole nitrogens is 1. The maximum absolute atomic E-state index is 12.3. The highest BCUT2D eigenvalue weighted by molar-refractivity contribution is 6.31. The van der Waals surface area contributed by atoms with Gasteiger partial charge in [0, 0.05) is 34.8 Å². The Morgan fingerprint density at radius 3 is 3.19 bits per heavy atom. The lowest BCUT2D eigenvalue weighted by Gasteiger charge is -2.07. The molecule has 1 atom stereocenters. The van der Waals surface area contributed by atoms with Gasteiger partial charge in [-0.25, -0.2) is 4.68 Å². The van der Waals surface area contributed by atoms with Crippen molar-refractivity contribution in [2.45, 2.75) is 38.8 Å². The van der Waals surface area contributed by atoms with Crippen molar-refractivity contribution in [2.75, 3.05) is 13.2 Å². The summed E-state index contributed by atoms with van der Waals surface area (Å²) in [5.41, 5.74) is 3.63. The Morgan fingerprint density at radius 2 is 2.37 bits per heavy atom. The Bertz CT molecular complexity index is 958. The van der Waals surface area contributed by atoms with E-state index in [1.54, 1.807) is 10.9 Å². The van der Waals surface area contributed by atoms with E-state index in [-0.39, 0.29) is 12.0 Å². The normalized spacial score (nSPS) is 16.9. The van der Waals surface area contributed by atoms with Crippen LogP contribution in [0.1, 0.15) is 34.6 Å². The fourth-order valence-electron chi connectivity index (χ4n) is 3.56. The topological polar surface area (TPSA) is 84.8 Å². The van der Waals surface area contributed by atoms with Gasteiger partial charge in [0.25, 0.3) is 5.91 Å². The van der Waals surface area contributed by atoms with Gasteiger partial charge in [-0.1, -0.05) is 16.8 Å². The van der Waals surface area contributed by atoms with E-state index in [9.17, 15) is 4.79 Å². The SMILES string of the molecule is Cc1[nH]c2ccc(Cl)cc2c1CCNC(=O)c1cn(CC2CCCO2)nn1. The number of aromatic amines is 1. The zero-order chi connectivity index (χ0) is 18.8. The summed E-state index contributed by atoms with van der Waals surface area (Å²) in [7, 11) is 0. The maximum Gasteiger partial charge on any atom is 0.273 e. The van der Waals surface area contributed by atoms with Gasteiger partial charge in [0.2, 0.25) is 0 Å². The second-order valence-corrected chi connectivity index (χ2v) is 7.32. The van der Waals surface area contributed by atoms with Crippen LogP contribution in [-0.2, 0) is 17.7 Å². The highest BCUT2D eigenvalue weighted by atomic mass is 35.5. The number of nitrogens with one attached hydrogen (secondary N) is 2. The lowest BCUT2D eigenvalue weighted by Crippen LogP contribution is -2.26. The highest BCUT2D eigenvalue weighted by Crippen LogP contribution is 2.25. The first kappa shape index (κ1) is 18.0. The Kier molecular flexibility index (Phi) is 5.13. The number of ether oxygens (including phenoxy) is 1. The highest BCUT2D eigenvalue weighted by Gasteiger charge is 2.18. The van der Waals surface area contributed by atoms with Crippen LogP contribution in [0.2, 0.25) is 5.02 Å². The summed E-state index contributed by atoms with van der Waals surface area (Å²) in [5, 5.41) is 12.7. The van der Waals surface area contributed by atoms with Gasteiger partial charge in [0.1, 0.15) is 0 Å². The Morgan fingerprint density at radius 1 is 1.48 bits per heavy atom. The number of benzene rings is 1.